The second kappa shape index (κ2) is 7.38. The first kappa shape index (κ1) is 15.0. The van der Waals surface area contributed by atoms with E-state index in [0.29, 0.717) is 25.5 Å². The van der Waals surface area contributed by atoms with Crippen molar-refractivity contribution in [2.75, 3.05) is 13.2 Å². The minimum Gasteiger partial charge on any atom is -0.368 e. The van der Waals surface area contributed by atoms with Gasteiger partial charge in [-0.25, -0.2) is 0 Å². The first-order valence-corrected chi connectivity index (χ1v) is 7.38. The Kier molecular flexibility index (Phi) is 5.52. The molecule has 1 atom stereocenters. The zero-order valence-corrected chi connectivity index (χ0v) is 12.2. The molecule has 0 aliphatic carbocycles. The van der Waals surface area contributed by atoms with Gasteiger partial charge >= 0.3 is 0 Å². The number of aryl methyl sites for hydroxylation is 1. The van der Waals surface area contributed by atoms with Crippen LogP contribution in [-0.2, 0) is 16.0 Å². The first-order chi connectivity index (χ1) is 9.66. The minimum absolute atomic E-state index is 0.00176. The Morgan fingerprint density at radius 1 is 1.45 bits per heavy atom. The monoisotopic (exact) mass is 281 g/mol. The van der Waals surface area contributed by atoms with E-state index in [4.69, 9.17) is 9.26 Å². The van der Waals surface area contributed by atoms with Gasteiger partial charge in [0.25, 0.3) is 0 Å². The third-order valence-corrected chi connectivity index (χ3v) is 3.34. The van der Waals surface area contributed by atoms with Gasteiger partial charge in [0.15, 0.2) is 5.82 Å². The van der Waals surface area contributed by atoms with Crippen molar-refractivity contribution in [3.63, 3.8) is 0 Å². The molecule has 0 bridgehead atoms. The van der Waals surface area contributed by atoms with Crippen LogP contribution in [0, 0.1) is 0 Å². The van der Waals surface area contributed by atoms with Crippen LogP contribution in [-0.4, -0.2) is 35.3 Å². The SMILES string of the molecule is CC(C)c1noc(CCCNC(=O)C2CCCCO2)n1. The fourth-order valence-corrected chi connectivity index (χ4v) is 2.12. The van der Waals surface area contributed by atoms with Crippen molar-refractivity contribution in [1.29, 1.82) is 0 Å². The highest BCUT2D eigenvalue weighted by Crippen LogP contribution is 2.13. The Morgan fingerprint density at radius 3 is 2.95 bits per heavy atom. The molecule has 1 unspecified atom stereocenters. The van der Waals surface area contributed by atoms with Gasteiger partial charge in [-0.05, 0) is 25.7 Å². The number of carbonyl (C=O) groups is 1. The number of carbonyl (C=O) groups excluding carboxylic acids is 1. The van der Waals surface area contributed by atoms with Gasteiger partial charge in [-0.3, -0.25) is 4.79 Å². The Balaban J connectivity index is 1.64. The molecule has 6 nitrogen and oxygen atoms in total. The van der Waals surface area contributed by atoms with Crippen LogP contribution in [0.25, 0.3) is 0 Å². The van der Waals surface area contributed by atoms with Crippen molar-refractivity contribution in [3.8, 4) is 0 Å². The Bertz CT molecular complexity index is 425. The summed E-state index contributed by atoms with van der Waals surface area (Å²) in [5.74, 6) is 1.64. The lowest BCUT2D eigenvalue weighted by atomic mass is 10.1. The Hall–Kier alpha value is -1.43. The topological polar surface area (TPSA) is 77.2 Å². The van der Waals surface area contributed by atoms with E-state index in [1.54, 1.807) is 0 Å². The molecule has 2 heterocycles. The normalized spacial score (nSPS) is 19.2. The lowest BCUT2D eigenvalue weighted by Crippen LogP contribution is -2.38. The highest BCUT2D eigenvalue weighted by Gasteiger charge is 2.21. The van der Waals surface area contributed by atoms with Crippen molar-refractivity contribution in [2.24, 2.45) is 0 Å². The number of nitrogens with one attached hydrogen (secondary N) is 1. The average molecular weight is 281 g/mol. The van der Waals surface area contributed by atoms with Gasteiger partial charge in [-0.1, -0.05) is 19.0 Å². The maximum absolute atomic E-state index is 11.8. The number of ether oxygens (including phenoxy) is 1. The van der Waals surface area contributed by atoms with Crippen molar-refractivity contribution in [2.45, 2.75) is 58.0 Å². The zero-order chi connectivity index (χ0) is 14.4. The molecule has 112 valence electrons. The summed E-state index contributed by atoms with van der Waals surface area (Å²) in [4.78, 5) is 16.1. The Labute approximate surface area is 119 Å². The Morgan fingerprint density at radius 2 is 2.30 bits per heavy atom. The van der Waals surface area contributed by atoms with Gasteiger partial charge in [-0.15, -0.1) is 0 Å². The molecule has 20 heavy (non-hydrogen) atoms. The van der Waals surface area contributed by atoms with Crippen LogP contribution in [0.15, 0.2) is 4.52 Å². The highest BCUT2D eigenvalue weighted by atomic mass is 16.5. The number of hydrogen-bond acceptors (Lipinski definition) is 5. The van der Waals surface area contributed by atoms with Crippen LogP contribution in [0.4, 0.5) is 0 Å². The molecule has 0 saturated carbocycles. The lowest BCUT2D eigenvalue weighted by Gasteiger charge is -2.21. The van der Waals surface area contributed by atoms with E-state index in [1.807, 2.05) is 13.8 Å². The maximum atomic E-state index is 11.8. The molecule has 1 aliphatic rings. The smallest absolute Gasteiger partial charge is 0.249 e. The number of nitrogens with zero attached hydrogens (tertiary/aromatic N) is 2. The fraction of sp³-hybridized carbons (Fsp3) is 0.786. The number of amides is 1. The summed E-state index contributed by atoms with van der Waals surface area (Å²) in [6.45, 7) is 5.36. The quantitative estimate of drug-likeness (QED) is 0.805. The van der Waals surface area contributed by atoms with Crippen LogP contribution in [0.1, 0.15) is 57.2 Å². The third-order valence-electron chi connectivity index (χ3n) is 3.34. The first-order valence-electron chi connectivity index (χ1n) is 7.38. The number of rotatable bonds is 6. The highest BCUT2D eigenvalue weighted by molar-refractivity contribution is 5.80. The third kappa shape index (κ3) is 4.30. The summed E-state index contributed by atoms with van der Waals surface area (Å²) in [6.07, 6.45) is 4.16. The average Bonchev–Trinajstić information content (AvgIpc) is 2.93. The summed E-state index contributed by atoms with van der Waals surface area (Å²) in [6, 6.07) is 0. The van der Waals surface area contributed by atoms with E-state index in [-0.39, 0.29) is 17.9 Å². The molecular weight excluding hydrogens is 258 g/mol. The lowest BCUT2D eigenvalue weighted by molar-refractivity contribution is -0.135. The second-order valence-electron chi connectivity index (χ2n) is 5.45. The van der Waals surface area contributed by atoms with Crippen LogP contribution in [0.3, 0.4) is 0 Å². The molecule has 2 rings (SSSR count). The van der Waals surface area contributed by atoms with Gasteiger partial charge in [-0.2, -0.15) is 4.98 Å². The van der Waals surface area contributed by atoms with E-state index in [1.165, 1.54) is 0 Å². The van der Waals surface area contributed by atoms with Crippen LogP contribution in [0.2, 0.25) is 0 Å². The molecule has 1 saturated heterocycles. The molecule has 1 aromatic rings. The largest absolute Gasteiger partial charge is 0.368 e. The summed E-state index contributed by atoms with van der Waals surface area (Å²) < 4.78 is 10.6. The van der Waals surface area contributed by atoms with Gasteiger partial charge in [0, 0.05) is 25.5 Å². The summed E-state index contributed by atoms with van der Waals surface area (Å²) >= 11 is 0. The molecular formula is C14H23N3O3. The molecule has 1 amide bonds. The molecule has 0 aromatic carbocycles. The molecule has 0 radical (unpaired) electrons. The zero-order valence-electron chi connectivity index (χ0n) is 12.2. The van der Waals surface area contributed by atoms with Crippen molar-refractivity contribution in [3.05, 3.63) is 11.7 Å². The minimum atomic E-state index is -0.264. The number of hydrogen-bond donors (Lipinski definition) is 1. The molecule has 0 spiro atoms. The number of aromatic nitrogens is 2. The van der Waals surface area contributed by atoms with Crippen LogP contribution < -0.4 is 5.32 Å². The van der Waals surface area contributed by atoms with E-state index in [9.17, 15) is 4.79 Å². The van der Waals surface area contributed by atoms with E-state index < -0.39 is 0 Å². The standard InChI is InChI=1S/C14H23N3O3/c1-10(2)13-16-12(20-17-13)7-5-8-15-14(18)11-6-3-4-9-19-11/h10-11H,3-9H2,1-2H3,(H,15,18). The van der Waals surface area contributed by atoms with E-state index in [0.717, 1.165) is 31.5 Å². The molecule has 1 N–H and O–H groups in total. The van der Waals surface area contributed by atoms with Crippen molar-refractivity contribution < 1.29 is 14.1 Å². The molecule has 1 fully saturated rings. The molecule has 1 aliphatic heterocycles. The van der Waals surface area contributed by atoms with Crippen LogP contribution in [0.5, 0.6) is 0 Å². The summed E-state index contributed by atoms with van der Waals surface area (Å²) in [5.41, 5.74) is 0. The summed E-state index contributed by atoms with van der Waals surface area (Å²) in [7, 11) is 0. The van der Waals surface area contributed by atoms with Crippen LogP contribution >= 0.6 is 0 Å². The molecule has 1 aromatic heterocycles. The second-order valence-corrected chi connectivity index (χ2v) is 5.45. The van der Waals surface area contributed by atoms with Gasteiger partial charge in [0.2, 0.25) is 11.8 Å². The predicted octanol–water partition coefficient (Wildman–Crippen LogP) is 1.81. The molecule has 6 heteroatoms. The van der Waals surface area contributed by atoms with Gasteiger partial charge < -0.3 is 14.6 Å². The van der Waals surface area contributed by atoms with E-state index >= 15 is 0 Å². The van der Waals surface area contributed by atoms with Gasteiger partial charge in [0.05, 0.1) is 0 Å². The predicted molar refractivity (Wildman–Crippen MR) is 73.3 cm³/mol. The van der Waals surface area contributed by atoms with Crippen molar-refractivity contribution in [1.82, 2.24) is 15.5 Å². The van der Waals surface area contributed by atoms with Gasteiger partial charge in [0.1, 0.15) is 6.10 Å². The van der Waals surface area contributed by atoms with E-state index in [2.05, 4.69) is 15.5 Å². The fourth-order valence-electron chi connectivity index (χ4n) is 2.12. The van der Waals surface area contributed by atoms with Crippen molar-refractivity contribution >= 4 is 5.91 Å². The summed E-state index contributed by atoms with van der Waals surface area (Å²) in [5, 5.41) is 6.81. The maximum Gasteiger partial charge on any atom is 0.249 e.